The van der Waals surface area contributed by atoms with E-state index in [1.807, 2.05) is 0 Å². The summed E-state index contributed by atoms with van der Waals surface area (Å²) in [6, 6.07) is 10.1. The van der Waals surface area contributed by atoms with E-state index in [0.29, 0.717) is 26.5 Å². The highest BCUT2D eigenvalue weighted by Crippen LogP contribution is 2.43. The van der Waals surface area contributed by atoms with Crippen molar-refractivity contribution < 1.29 is 17.6 Å². The number of hydrogen-bond acceptors (Lipinski definition) is 4. The molecule has 4 rings (SSSR count). The highest BCUT2D eigenvalue weighted by atomic mass is 35.5. The highest BCUT2D eigenvalue weighted by Gasteiger charge is 2.49. The standard InChI is InChI=1S/C19H15Cl2FN2O3S2/c20-12-3-6-14(21)15(8-12)24-16-9-29(26,27)10-17(16)28-19(24)23-18(25)7-11-1-4-13(22)5-2-11/h1-6,8,16-17H,7,9-10H2/t16-,17+/m1/s1. The third-order valence-corrected chi connectivity index (χ3v) is 8.49. The number of amidine groups is 1. The molecule has 10 heteroatoms. The van der Waals surface area contributed by atoms with Crippen molar-refractivity contribution in [3.05, 3.63) is 63.9 Å². The van der Waals surface area contributed by atoms with Crippen molar-refractivity contribution in [3.8, 4) is 0 Å². The average Bonchev–Trinajstić information content (AvgIpc) is 3.10. The van der Waals surface area contributed by atoms with Gasteiger partial charge in [0.1, 0.15) is 5.82 Å². The van der Waals surface area contributed by atoms with Gasteiger partial charge in [-0.1, -0.05) is 47.1 Å². The molecule has 152 valence electrons. The van der Waals surface area contributed by atoms with Gasteiger partial charge in [0.05, 0.1) is 34.7 Å². The molecule has 0 bridgehead atoms. The Bertz CT molecular complexity index is 1110. The van der Waals surface area contributed by atoms with Gasteiger partial charge in [0, 0.05) is 10.3 Å². The SMILES string of the molecule is O=C(Cc1ccc(F)cc1)N=C1S[C@H]2CS(=O)(=O)C[C@H]2N1c1cc(Cl)ccc1Cl. The molecule has 2 aromatic carbocycles. The van der Waals surface area contributed by atoms with E-state index in [4.69, 9.17) is 23.2 Å². The molecule has 2 fully saturated rings. The Morgan fingerprint density at radius 3 is 2.62 bits per heavy atom. The van der Waals surface area contributed by atoms with Gasteiger partial charge in [-0.15, -0.1) is 0 Å². The van der Waals surface area contributed by atoms with Crippen LogP contribution in [0.25, 0.3) is 0 Å². The summed E-state index contributed by atoms with van der Waals surface area (Å²) in [7, 11) is -3.19. The summed E-state index contributed by atoms with van der Waals surface area (Å²) < 4.78 is 37.3. The number of hydrogen-bond donors (Lipinski definition) is 0. The largest absolute Gasteiger partial charge is 0.314 e. The predicted octanol–water partition coefficient (Wildman–Crippen LogP) is 3.98. The van der Waals surface area contributed by atoms with Crippen molar-refractivity contribution in [2.75, 3.05) is 16.4 Å². The van der Waals surface area contributed by atoms with Crippen molar-refractivity contribution in [2.24, 2.45) is 4.99 Å². The number of halogens is 3. The van der Waals surface area contributed by atoms with Crippen LogP contribution in [-0.2, 0) is 21.1 Å². The van der Waals surface area contributed by atoms with E-state index >= 15 is 0 Å². The number of sulfone groups is 1. The Labute approximate surface area is 181 Å². The summed E-state index contributed by atoms with van der Waals surface area (Å²) in [6.07, 6.45) is 0.00902. The number of nitrogens with zero attached hydrogens (tertiary/aromatic N) is 2. The summed E-state index contributed by atoms with van der Waals surface area (Å²) in [5, 5.41) is 0.980. The molecular formula is C19H15Cl2FN2O3S2. The summed E-state index contributed by atoms with van der Waals surface area (Å²) in [5.41, 5.74) is 1.16. The minimum absolute atomic E-state index is 0.00902. The number of thioether (sulfide) groups is 1. The lowest BCUT2D eigenvalue weighted by Crippen LogP contribution is -2.38. The van der Waals surface area contributed by atoms with E-state index in [-0.39, 0.29) is 35.0 Å². The number of carbonyl (C=O) groups is 1. The molecule has 0 aliphatic carbocycles. The van der Waals surface area contributed by atoms with Crippen molar-refractivity contribution in [1.29, 1.82) is 0 Å². The lowest BCUT2D eigenvalue weighted by Gasteiger charge is -2.25. The molecule has 2 aromatic rings. The molecule has 0 saturated carbocycles. The number of fused-ring (bicyclic) bond motifs is 1. The maximum absolute atomic E-state index is 13.1. The van der Waals surface area contributed by atoms with Crippen molar-refractivity contribution in [2.45, 2.75) is 17.7 Å². The smallest absolute Gasteiger partial charge is 0.252 e. The zero-order chi connectivity index (χ0) is 20.8. The molecule has 2 aliphatic heterocycles. The molecule has 0 unspecified atom stereocenters. The van der Waals surface area contributed by atoms with Gasteiger partial charge in [0.15, 0.2) is 15.0 Å². The highest BCUT2D eigenvalue weighted by molar-refractivity contribution is 8.16. The number of amides is 1. The maximum atomic E-state index is 13.1. The Balaban J connectivity index is 1.67. The molecule has 2 saturated heterocycles. The van der Waals surface area contributed by atoms with Gasteiger partial charge >= 0.3 is 0 Å². The molecule has 2 heterocycles. The maximum Gasteiger partial charge on any atom is 0.252 e. The first kappa shape index (κ1) is 20.7. The topological polar surface area (TPSA) is 66.8 Å². The first-order chi connectivity index (χ1) is 13.7. The zero-order valence-corrected chi connectivity index (χ0v) is 18.0. The molecule has 2 atom stereocenters. The van der Waals surface area contributed by atoms with Crippen molar-refractivity contribution >= 4 is 61.6 Å². The Kier molecular flexibility index (Phi) is 5.63. The fourth-order valence-electron chi connectivity index (χ4n) is 3.44. The molecule has 0 radical (unpaired) electrons. The van der Waals surface area contributed by atoms with E-state index in [9.17, 15) is 17.6 Å². The first-order valence-electron chi connectivity index (χ1n) is 8.69. The fraction of sp³-hybridized carbons (Fsp3) is 0.263. The van der Waals surface area contributed by atoms with E-state index in [0.717, 1.165) is 0 Å². The van der Waals surface area contributed by atoms with E-state index in [1.165, 1.54) is 36.0 Å². The van der Waals surface area contributed by atoms with Gasteiger partial charge < -0.3 is 4.90 Å². The van der Waals surface area contributed by atoms with Gasteiger partial charge in [-0.3, -0.25) is 4.79 Å². The van der Waals surface area contributed by atoms with E-state index < -0.39 is 15.7 Å². The van der Waals surface area contributed by atoms with Gasteiger partial charge in [-0.25, -0.2) is 12.8 Å². The Hall–Kier alpha value is -1.61. The lowest BCUT2D eigenvalue weighted by atomic mass is 10.1. The summed E-state index contributed by atoms with van der Waals surface area (Å²) in [5.74, 6) is -0.819. The summed E-state index contributed by atoms with van der Waals surface area (Å²) in [6.45, 7) is 0. The van der Waals surface area contributed by atoms with Crippen LogP contribution in [0.5, 0.6) is 0 Å². The van der Waals surface area contributed by atoms with Crippen LogP contribution in [0.3, 0.4) is 0 Å². The first-order valence-corrected chi connectivity index (χ1v) is 12.1. The molecule has 5 nitrogen and oxygen atoms in total. The Morgan fingerprint density at radius 1 is 1.17 bits per heavy atom. The van der Waals surface area contributed by atoms with Crippen molar-refractivity contribution in [1.82, 2.24) is 0 Å². The molecule has 0 N–H and O–H groups in total. The van der Waals surface area contributed by atoms with Crippen LogP contribution in [-0.4, -0.2) is 42.3 Å². The average molecular weight is 473 g/mol. The molecule has 1 amide bonds. The number of rotatable bonds is 3. The summed E-state index contributed by atoms with van der Waals surface area (Å²) in [4.78, 5) is 18.5. The second-order valence-electron chi connectivity index (χ2n) is 6.86. The van der Waals surface area contributed by atoms with Crippen molar-refractivity contribution in [3.63, 3.8) is 0 Å². The van der Waals surface area contributed by atoms with E-state index in [2.05, 4.69) is 4.99 Å². The third kappa shape index (κ3) is 4.45. The molecular weight excluding hydrogens is 458 g/mol. The molecule has 29 heavy (non-hydrogen) atoms. The van der Waals surface area contributed by atoms with E-state index in [1.54, 1.807) is 23.1 Å². The molecule has 0 spiro atoms. The second kappa shape index (κ2) is 7.91. The van der Waals surface area contributed by atoms with Crippen LogP contribution in [0, 0.1) is 5.82 Å². The number of benzene rings is 2. The van der Waals surface area contributed by atoms with Gasteiger partial charge in [-0.05, 0) is 35.9 Å². The monoisotopic (exact) mass is 472 g/mol. The Morgan fingerprint density at radius 2 is 1.90 bits per heavy atom. The number of carbonyl (C=O) groups excluding carboxylic acids is 1. The van der Waals surface area contributed by atoms with Gasteiger partial charge in [-0.2, -0.15) is 4.99 Å². The minimum atomic E-state index is -3.19. The molecule has 0 aromatic heterocycles. The number of anilines is 1. The predicted molar refractivity (Wildman–Crippen MR) is 115 cm³/mol. The fourth-order valence-corrected chi connectivity index (χ4v) is 7.74. The minimum Gasteiger partial charge on any atom is -0.314 e. The van der Waals surface area contributed by atoms with Crippen LogP contribution >= 0.6 is 35.0 Å². The van der Waals surface area contributed by atoms with Gasteiger partial charge in [0.25, 0.3) is 5.91 Å². The van der Waals surface area contributed by atoms with Crippen LogP contribution in [0.1, 0.15) is 5.56 Å². The van der Waals surface area contributed by atoms with Crippen LogP contribution < -0.4 is 4.90 Å². The number of aliphatic imine (C=N–C) groups is 1. The molecule has 2 aliphatic rings. The van der Waals surface area contributed by atoms with Crippen LogP contribution in [0.2, 0.25) is 10.0 Å². The second-order valence-corrected chi connectivity index (χ2v) is 11.1. The lowest BCUT2D eigenvalue weighted by molar-refractivity contribution is -0.117. The quantitative estimate of drug-likeness (QED) is 0.675. The normalized spacial score (nSPS) is 24.1. The van der Waals surface area contributed by atoms with Crippen LogP contribution in [0.15, 0.2) is 47.5 Å². The van der Waals surface area contributed by atoms with Gasteiger partial charge in [0.2, 0.25) is 0 Å². The zero-order valence-electron chi connectivity index (χ0n) is 14.9. The summed E-state index contributed by atoms with van der Waals surface area (Å²) >= 11 is 13.7. The van der Waals surface area contributed by atoms with Crippen LogP contribution in [0.4, 0.5) is 10.1 Å². The third-order valence-electron chi connectivity index (χ3n) is 4.72.